The third kappa shape index (κ3) is 6.02. The maximum Gasteiger partial charge on any atom is 0.161 e. The van der Waals surface area contributed by atoms with Crippen molar-refractivity contribution < 1.29 is 18.9 Å². The first-order valence-electron chi connectivity index (χ1n) is 11.1. The van der Waals surface area contributed by atoms with Crippen LogP contribution < -0.4 is 14.2 Å². The molecule has 2 heterocycles. The topological polar surface area (TPSA) is 40.2 Å². The standard InChI is InChI=1S/C26H33NO4/c1-20(22-6-9-24-25(17-22)31-19-26(2,3)18-30-24)16-21-4-7-23(8-5-21)29-15-12-27-10-13-28-14-11-27/h4-9,16-17H,10-15,18-19H2,1-3H3/b20-16+. The smallest absolute Gasteiger partial charge is 0.161 e. The fourth-order valence-corrected chi connectivity index (χ4v) is 3.68. The molecule has 2 aliphatic rings. The van der Waals surface area contributed by atoms with E-state index in [9.17, 15) is 0 Å². The Balaban J connectivity index is 1.35. The Morgan fingerprint density at radius 2 is 1.71 bits per heavy atom. The molecule has 4 rings (SSSR count). The van der Waals surface area contributed by atoms with E-state index in [1.807, 2.05) is 18.2 Å². The van der Waals surface area contributed by atoms with E-state index in [0.717, 1.165) is 61.2 Å². The largest absolute Gasteiger partial charge is 0.492 e. The van der Waals surface area contributed by atoms with E-state index in [-0.39, 0.29) is 5.41 Å². The van der Waals surface area contributed by atoms with Crippen molar-refractivity contribution in [2.75, 3.05) is 52.7 Å². The predicted octanol–water partition coefficient (Wildman–Crippen LogP) is 4.76. The Hall–Kier alpha value is -2.50. The molecule has 0 N–H and O–H groups in total. The van der Waals surface area contributed by atoms with E-state index in [1.165, 1.54) is 5.57 Å². The zero-order valence-electron chi connectivity index (χ0n) is 18.9. The molecule has 0 atom stereocenters. The second-order valence-electron chi connectivity index (χ2n) is 9.10. The average molecular weight is 424 g/mol. The van der Waals surface area contributed by atoms with Crippen LogP contribution in [-0.2, 0) is 4.74 Å². The van der Waals surface area contributed by atoms with Crippen LogP contribution in [0.15, 0.2) is 42.5 Å². The van der Waals surface area contributed by atoms with E-state index in [2.05, 4.69) is 56.0 Å². The molecule has 0 amide bonds. The van der Waals surface area contributed by atoms with Crippen molar-refractivity contribution in [2.24, 2.45) is 5.41 Å². The zero-order chi connectivity index (χ0) is 21.7. The van der Waals surface area contributed by atoms with E-state index in [0.29, 0.717) is 19.8 Å². The minimum atomic E-state index is 0.01000. The molecule has 0 saturated carbocycles. The third-order valence-corrected chi connectivity index (χ3v) is 5.68. The number of fused-ring (bicyclic) bond motifs is 1. The maximum absolute atomic E-state index is 6.02. The lowest BCUT2D eigenvalue weighted by Crippen LogP contribution is -2.38. The SMILES string of the molecule is C/C(=C\c1ccc(OCCN2CCOCC2)cc1)c1ccc2c(c1)OCC(C)(C)CO2. The fraction of sp³-hybridized carbons (Fsp3) is 0.462. The first-order valence-corrected chi connectivity index (χ1v) is 11.1. The lowest BCUT2D eigenvalue weighted by molar-refractivity contribution is 0.0322. The van der Waals surface area contributed by atoms with Crippen LogP contribution in [0, 0.1) is 5.41 Å². The number of benzene rings is 2. The van der Waals surface area contributed by atoms with Crippen molar-refractivity contribution >= 4 is 11.6 Å². The van der Waals surface area contributed by atoms with Crippen LogP contribution in [0.1, 0.15) is 31.9 Å². The van der Waals surface area contributed by atoms with Gasteiger partial charge in [-0.15, -0.1) is 0 Å². The summed E-state index contributed by atoms with van der Waals surface area (Å²) in [5, 5.41) is 0. The van der Waals surface area contributed by atoms with Crippen LogP contribution in [0.3, 0.4) is 0 Å². The van der Waals surface area contributed by atoms with Gasteiger partial charge in [0.15, 0.2) is 11.5 Å². The number of rotatable bonds is 6. The quantitative estimate of drug-likeness (QED) is 0.627. The number of nitrogens with zero attached hydrogens (tertiary/aromatic N) is 1. The minimum Gasteiger partial charge on any atom is -0.492 e. The number of ether oxygens (including phenoxy) is 4. The summed E-state index contributed by atoms with van der Waals surface area (Å²) in [6.07, 6.45) is 2.18. The summed E-state index contributed by atoms with van der Waals surface area (Å²) in [5.41, 5.74) is 3.46. The monoisotopic (exact) mass is 423 g/mol. The molecule has 0 aliphatic carbocycles. The summed E-state index contributed by atoms with van der Waals surface area (Å²) in [5.74, 6) is 2.54. The first kappa shape index (κ1) is 21.7. The van der Waals surface area contributed by atoms with Crippen molar-refractivity contribution in [2.45, 2.75) is 20.8 Å². The molecule has 0 radical (unpaired) electrons. The van der Waals surface area contributed by atoms with Gasteiger partial charge in [-0.1, -0.05) is 38.1 Å². The van der Waals surface area contributed by atoms with Crippen LogP contribution in [0.4, 0.5) is 0 Å². The predicted molar refractivity (Wildman–Crippen MR) is 124 cm³/mol. The highest BCUT2D eigenvalue weighted by Crippen LogP contribution is 2.36. The lowest BCUT2D eigenvalue weighted by Gasteiger charge is -2.26. The zero-order valence-corrected chi connectivity index (χ0v) is 18.9. The van der Waals surface area contributed by atoms with Gasteiger partial charge in [-0.05, 0) is 47.9 Å². The number of allylic oxidation sites excluding steroid dienone is 1. The maximum atomic E-state index is 6.02. The third-order valence-electron chi connectivity index (χ3n) is 5.68. The summed E-state index contributed by atoms with van der Waals surface area (Å²) in [4.78, 5) is 2.38. The van der Waals surface area contributed by atoms with Gasteiger partial charge >= 0.3 is 0 Å². The molecule has 0 spiro atoms. The molecule has 2 aliphatic heterocycles. The Morgan fingerprint density at radius 3 is 2.45 bits per heavy atom. The van der Waals surface area contributed by atoms with Gasteiger partial charge in [0.25, 0.3) is 0 Å². The highest BCUT2D eigenvalue weighted by atomic mass is 16.5. The lowest BCUT2D eigenvalue weighted by atomic mass is 9.97. The molecule has 0 unspecified atom stereocenters. The normalized spacial score (nSPS) is 19.0. The van der Waals surface area contributed by atoms with Crippen LogP contribution in [-0.4, -0.2) is 57.6 Å². The Morgan fingerprint density at radius 1 is 1.00 bits per heavy atom. The van der Waals surface area contributed by atoms with Crippen molar-refractivity contribution in [3.63, 3.8) is 0 Å². The van der Waals surface area contributed by atoms with Gasteiger partial charge in [-0.3, -0.25) is 4.90 Å². The Bertz CT molecular complexity index is 898. The highest BCUT2D eigenvalue weighted by molar-refractivity contribution is 5.81. The van der Waals surface area contributed by atoms with Gasteiger partial charge in [-0.25, -0.2) is 0 Å². The van der Waals surface area contributed by atoms with E-state index >= 15 is 0 Å². The first-order chi connectivity index (χ1) is 15.0. The van der Waals surface area contributed by atoms with Gasteiger partial charge in [0.2, 0.25) is 0 Å². The van der Waals surface area contributed by atoms with E-state index in [1.54, 1.807) is 0 Å². The van der Waals surface area contributed by atoms with Crippen molar-refractivity contribution in [1.82, 2.24) is 4.90 Å². The van der Waals surface area contributed by atoms with Crippen LogP contribution in [0.5, 0.6) is 17.2 Å². The molecule has 2 aromatic carbocycles. The molecule has 5 nitrogen and oxygen atoms in total. The molecular formula is C26H33NO4. The molecule has 0 aromatic heterocycles. The molecule has 166 valence electrons. The van der Waals surface area contributed by atoms with Crippen LogP contribution in [0.2, 0.25) is 0 Å². The molecule has 2 aromatic rings. The molecule has 1 fully saturated rings. The summed E-state index contributed by atoms with van der Waals surface area (Å²) in [6.45, 7) is 13.0. The van der Waals surface area contributed by atoms with Gasteiger partial charge in [0.1, 0.15) is 12.4 Å². The van der Waals surface area contributed by atoms with Crippen molar-refractivity contribution in [3.05, 3.63) is 53.6 Å². The summed E-state index contributed by atoms with van der Waals surface area (Å²) in [6, 6.07) is 14.4. The van der Waals surface area contributed by atoms with Gasteiger partial charge in [0.05, 0.1) is 26.4 Å². The Kier molecular flexibility index (Phi) is 6.83. The van der Waals surface area contributed by atoms with E-state index < -0.39 is 0 Å². The molecule has 0 bridgehead atoms. The van der Waals surface area contributed by atoms with Crippen molar-refractivity contribution in [1.29, 1.82) is 0 Å². The average Bonchev–Trinajstić information content (AvgIpc) is 2.93. The highest BCUT2D eigenvalue weighted by Gasteiger charge is 2.25. The van der Waals surface area contributed by atoms with Crippen LogP contribution in [0.25, 0.3) is 11.6 Å². The van der Waals surface area contributed by atoms with Gasteiger partial charge < -0.3 is 18.9 Å². The molecular weight excluding hydrogens is 390 g/mol. The summed E-state index contributed by atoms with van der Waals surface area (Å²) >= 11 is 0. The van der Waals surface area contributed by atoms with Crippen molar-refractivity contribution in [3.8, 4) is 17.2 Å². The second-order valence-corrected chi connectivity index (χ2v) is 9.10. The summed E-state index contributed by atoms with van der Waals surface area (Å²) in [7, 11) is 0. The van der Waals surface area contributed by atoms with Gasteiger partial charge in [-0.2, -0.15) is 0 Å². The molecule has 1 saturated heterocycles. The second kappa shape index (κ2) is 9.75. The minimum absolute atomic E-state index is 0.01000. The number of hydrogen-bond donors (Lipinski definition) is 0. The number of hydrogen-bond acceptors (Lipinski definition) is 5. The Labute approximate surface area is 185 Å². The fourth-order valence-electron chi connectivity index (χ4n) is 3.68. The van der Waals surface area contributed by atoms with Gasteiger partial charge in [0, 0.05) is 25.0 Å². The summed E-state index contributed by atoms with van der Waals surface area (Å²) < 4.78 is 23.2. The van der Waals surface area contributed by atoms with E-state index in [4.69, 9.17) is 18.9 Å². The van der Waals surface area contributed by atoms with Crippen LogP contribution >= 0.6 is 0 Å². The molecule has 31 heavy (non-hydrogen) atoms. The number of morpholine rings is 1. The molecule has 5 heteroatoms.